The molecular weight excluding hydrogens is 304 g/mol. The zero-order chi connectivity index (χ0) is 14.9. The van der Waals surface area contributed by atoms with Crippen LogP contribution in [0.15, 0.2) is 30.3 Å². The van der Waals surface area contributed by atoms with Crippen LogP contribution in [0, 0.1) is 0 Å². The van der Waals surface area contributed by atoms with Gasteiger partial charge >= 0.3 is 6.03 Å². The van der Waals surface area contributed by atoms with E-state index in [1.54, 1.807) is 0 Å². The number of carbonyl (C=O) groups is 1. The summed E-state index contributed by atoms with van der Waals surface area (Å²) in [5.74, 6) is 3.22. The molecule has 4 nitrogen and oxygen atoms in total. The summed E-state index contributed by atoms with van der Waals surface area (Å²) in [6.45, 7) is 0.450. The normalized spacial score (nSPS) is 19.7. The topological polar surface area (TPSA) is 58.2 Å². The van der Waals surface area contributed by atoms with Gasteiger partial charge in [-0.25, -0.2) is 4.79 Å². The molecule has 6 heteroatoms. The second kappa shape index (κ2) is 9.10. The highest BCUT2D eigenvalue weighted by molar-refractivity contribution is 7.99. The van der Waals surface area contributed by atoms with Gasteiger partial charge in [-0.1, -0.05) is 30.3 Å². The molecule has 0 unspecified atom stereocenters. The first-order valence-electron chi connectivity index (χ1n) is 7.25. The van der Waals surface area contributed by atoms with Gasteiger partial charge < -0.3 is 10.6 Å². The maximum absolute atomic E-state index is 11.9. The van der Waals surface area contributed by atoms with Crippen LogP contribution in [0.3, 0.4) is 0 Å². The van der Waals surface area contributed by atoms with Crippen LogP contribution in [0.1, 0.15) is 18.4 Å². The second-order valence-corrected chi connectivity index (χ2v) is 7.81. The molecule has 1 aromatic carbocycles. The van der Waals surface area contributed by atoms with E-state index in [0.29, 0.717) is 18.1 Å². The molecule has 2 amide bonds. The van der Waals surface area contributed by atoms with E-state index in [9.17, 15) is 9.00 Å². The molecule has 2 N–H and O–H groups in total. The van der Waals surface area contributed by atoms with Gasteiger partial charge in [0.2, 0.25) is 0 Å². The van der Waals surface area contributed by atoms with Gasteiger partial charge in [0, 0.05) is 40.6 Å². The molecule has 1 aliphatic rings. The highest BCUT2D eigenvalue weighted by Gasteiger charge is 2.15. The molecule has 0 aromatic heterocycles. The lowest BCUT2D eigenvalue weighted by Crippen LogP contribution is -2.45. The van der Waals surface area contributed by atoms with Crippen molar-refractivity contribution in [1.29, 1.82) is 0 Å². The van der Waals surface area contributed by atoms with Gasteiger partial charge in [0.25, 0.3) is 0 Å². The molecular formula is C15H22N2O2S2. The average Bonchev–Trinajstić information content (AvgIpc) is 2.49. The number of thioether (sulfide) groups is 1. The van der Waals surface area contributed by atoms with Crippen molar-refractivity contribution >= 4 is 28.6 Å². The number of hydrogen-bond donors (Lipinski definition) is 2. The van der Waals surface area contributed by atoms with Gasteiger partial charge in [-0.2, -0.15) is 11.8 Å². The zero-order valence-corrected chi connectivity index (χ0v) is 13.7. The van der Waals surface area contributed by atoms with E-state index in [4.69, 9.17) is 0 Å². The third kappa shape index (κ3) is 6.52. The lowest BCUT2D eigenvalue weighted by Gasteiger charge is -2.22. The Morgan fingerprint density at radius 2 is 2.14 bits per heavy atom. The first kappa shape index (κ1) is 16.4. The van der Waals surface area contributed by atoms with E-state index in [0.717, 1.165) is 24.2 Å². The highest BCUT2D eigenvalue weighted by Crippen LogP contribution is 2.16. The van der Waals surface area contributed by atoms with E-state index in [1.807, 2.05) is 42.1 Å². The fourth-order valence-corrected chi connectivity index (χ4v) is 4.31. The summed E-state index contributed by atoms with van der Waals surface area (Å²) in [6.07, 6.45) is 2.22. The predicted octanol–water partition coefficient (Wildman–Crippen LogP) is 2.13. The molecule has 1 aliphatic heterocycles. The Kier molecular flexibility index (Phi) is 7.09. The number of benzene rings is 1. The minimum absolute atomic E-state index is 0.140. The summed E-state index contributed by atoms with van der Waals surface area (Å²) >= 11 is 1.88. The smallest absolute Gasteiger partial charge is 0.315 e. The standard InChI is InChI=1S/C15H22N2O2S2/c18-15(17-14-7-4-9-20-11-14)16-8-10-21(19)12-13-5-2-1-3-6-13/h1-3,5-6,14H,4,7-12H2,(H2,16,17,18)/t14-,21+/m1/s1. The molecule has 2 atom stereocenters. The van der Waals surface area contributed by atoms with Crippen LogP contribution in [0.5, 0.6) is 0 Å². The van der Waals surface area contributed by atoms with E-state index in [1.165, 1.54) is 5.75 Å². The summed E-state index contributed by atoms with van der Waals surface area (Å²) in [4.78, 5) is 11.7. The van der Waals surface area contributed by atoms with Gasteiger partial charge in [-0.3, -0.25) is 4.21 Å². The van der Waals surface area contributed by atoms with Crippen molar-refractivity contribution in [3.63, 3.8) is 0 Å². The minimum Gasteiger partial charge on any atom is -0.337 e. The van der Waals surface area contributed by atoms with Gasteiger partial charge in [-0.05, 0) is 24.2 Å². The Labute approximate surface area is 132 Å². The Morgan fingerprint density at radius 1 is 1.33 bits per heavy atom. The summed E-state index contributed by atoms with van der Waals surface area (Å²) in [5.41, 5.74) is 1.07. The van der Waals surface area contributed by atoms with Crippen LogP contribution in [-0.2, 0) is 16.6 Å². The van der Waals surface area contributed by atoms with E-state index >= 15 is 0 Å². The van der Waals surface area contributed by atoms with E-state index < -0.39 is 10.8 Å². The molecule has 1 aromatic rings. The molecule has 0 saturated carbocycles. The summed E-state index contributed by atoms with van der Waals surface area (Å²) < 4.78 is 11.9. The van der Waals surface area contributed by atoms with Crippen LogP contribution >= 0.6 is 11.8 Å². The maximum atomic E-state index is 11.9. The van der Waals surface area contributed by atoms with Crippen molar-refractivity contribution in [2.45, 2.75) is 24.6 Å². The molecule has 1 heterocycles. The summed E-state index contributed by atoms with van der Waals surface area (Å²) in [7, 11) is -0.941. The van der Waals surface area contributed by atoms with Crippen LogP contribution in [-0.4, -0.2) is 40.1 Å². The average molecular weight is 326 g/mol. The summed E-state index contributed by atoms with van der Waals surface area (Å²) in [5, 5.41) is 5.77. The second-order valence-electron chi connectivity index (χ2n) is 5.09. The Balaban J connectivity index is 1.60. The molecule has 0 bridgehead atoms. The third-order valence-corrected chi connectivity index (χ3v) is 5.81. The first-order valence-corrected chi connectivity index (χ1v) is 9.89. The Morgan fingerprint density at radius 3 is 2.86 bits per heavy atom. The molecule has 1 fully saturated rings. The lowest BCUT2D eigenvalue weighted by molar-refractivity contribution is 0.238. The Hall–Kier alpha value is -1.01. The van der Waals surface area contributed by atoms with Crippen LogP contribution in [0.4, 0.5) is 4.79 Å². The minimum atomic E-state index is -0.941. The van der Waals surface area contributed by atoms with Gasteiger partial charge in [0.1, 0.15) is 0 Å². The van der Waals surface area contributed by atoms with Gasteiger partial charge in [0.05, 0.1) is 0 Å². The lowest BCUT2D eigenvalue weighted by atomic mass is 10.2. The molecule has 21 heavy (non-hydrogen) atoms. The first-order chi connectivity index (χ1) is 10.2. The number of hydrogen-bond acceptors (Lipinski definition) is 3. The predicted molar refractivity (Wildman–Crippen MR) is 90.0 cm³/mol. The molecule has 1 saturated heterocycles. The number of rotatable bonds is 6. The molecule has 0 radical (unpaired) electrons. The quantitative estimate of drug-likeness (QED) is 0.842. The van der Waals surface area contributed by atoms with E-state index in [-0.39, 0.29) is 12.1 Å². The van der Waals surface area contributed by atoms with Crippen molar-refractivity contribution in [3.05, 3.63) is 35.9 Å². The molecule has 0 aliphatic carbocycles. The maximum Gasteiger partial charge on any atom is 0.315 e. The number of urea groups is 1. The number of carbonyl (C=O) groups excluding carboxylic acids is 1. The molecule has 2 rings (SSSR count). The van der Waals surface area contributed by atoms with Gasteiger partial charge in [-0.15, -0.1) is 0 Å². The van der Waals surface area contributed by atoms with Crippen molar-refractivity contribution in [2.75, 3.05) is 23.8 Å². The van der Waals surface area contributed by atoms with Crippen molar-refractivity contribution in [3.8, 4) is 0 Å². The zero-order valence-electron chi connectivity index (χ0n) is 12.0. The van der Waals surface area contributed by atoms with Crippen molar-refractivity contribution < 1.29 is 9.00 Å². The number of nitrogens with one attached hydrogen (secondary N) is 2. The van der Waals surface area contributed by atoms with Crippen molar-refractivity contribution in [1.82, 2.24) is 10.6 Å². The highest BCUT2D eigenvalue weighted by atomic mass is 32.2. The van der Waals surface area contributed by atoms with Crippen LogP contribution in [0.25, 0.3) is 0 Å². The fourth-order valence-electron chi connectivity index (χ4n) is 2.20. The SMILES string of the molecule is O=C(NCC[S@](=O)Cc1ccccc1)N[C@@H]1CCCSC1. The molecule has 0 spiro atoms. The summed E-state index contributed by atoms with van der Waals surface area (Å²) in [6, 6.07) is 9.91. The third-order valence-electron chi connectivity index (χ3n) is 3.28. The van der Waals surface area contributed by atoms with Crippen molar-refractivity contribution in [2.24, 2.45) is 0 Å². The van der Waals surface area contributed by atoms with Gasteiger partial charge in [0.15, 0.2) is 0 Å². The number of amides is 2. The van der Waals surface area contributed by atoms with E-state index in [2.05, 4.69) is 10.6 Å². The Bertz CT molecular complexity index is 462. The van der Waals surface area contributed by atoms with Crippen LogP contribution in [0.2, 0.25) is 0 Å². The largest absolute Gasteiger partial charge is 0.337 e. The molecule has 116 valence electrons. The fraction of sp³-hybridized carbons (Fsp3) is 0.533. The van der Waals surface area contributed by atoms with Crippen LogP contribution < -0.4 is 10.6 Å². The monoisotopic (exact) mass is 326 g/mol.